The third-order valence-corrected chi connectivity index (χ3v) is 7.70. The zero-order chi connectivity index (χ0) is 28.6. The number of nitro groups is 1. The molecule has 2 aromatic carbocycles. The number of hydrogen-bond donors (Lipinski definition) is 2. The van der Waals surface area contributed by atoms with Gasteiger partial charge in [0.1, 0.15) is 18.1 Å². The maximum Gasteiger partial charge on any atom is 0.328 e. The summed E-state index contributed by atoms with van der Waals surface area (Å²) in [7, 11) is -1.82. The van der Waals surface area contributed by atoms with E-state index in [0.717, 1.165) is 34.1 Å². The maximum absolute atomic E-state index is 13.5. The molecule has 0 aliphatic heterocycles. The molecule has 0 radical (unpaired) electrons. The summed E-state index contributed by atoms with van der Waals surface area (Å²) in [6.07, 6.45) is 0.0793. The van der Waals surface area contributed by atoms with Crippen molar-refractivity contribution in [2.24, 2.45) is 5.92 Å². The van der Waals surface area contributed by atoms with Crippen LogP contribution in [0, 0.1) is 16.0 Å². The van der Waals surface area contributed by atoms with Crippen LogP contribution < -0.4 is 10.6 Å². The number of methoxy groups -OCH3 is 1. The van der Waals surface area contributed by atoms with Gasteiger partial charge in [0.2, 0.25) is 21.8 Å². The molecule has 0 aromatic heterocycles. The van der Waals surface area contributed by atoms with Gasteiger partial charge in [0.15, 0.2) is 0 Å². The number of likely N-dealkylation sites (N-methyl/N-ethyl adjacent to an activating group) is 1. The Bertz CT molecular complexity index is 1250. The molecule has 0 aliphatic rings. The fourth-order valence-corrected chi connectivity index (χ4v) is 5.26. The normalized spacial score (nSPS) is 13.9. The largest absolute Gasteiger partial charge is 0.467 e. The number of benzene rings is 2. The number of non-ortho nitro benzene ring substituents is 1. The van der Waals surface area contributed by atoms with Gasteiger partial charge >= 0.3 is 5.97 Å². The summed E-state index contributed by atoms with van der Waals surface area (Å²) in [5.41, 5.74) is 0.451. The van der Waals surface area contributed by atoms with E-state index in [-0.39, 0.29) is 17.0 Å². The van der Waals surface area contributed by atoms with Crippen molar-refractivity contribution in [2.75, 3.05) is 14.2 Å². The number of sulfonamides is 1. The summed E-state index contributed by atoms with van der Waals surface area (Å²) in [5.74, 6) is -2.56. The van der Waals surface area contributed by atoms with E-state index in [9.17, 15) is 32.9 Å². The molecule has 0 heterocycles. The Morgan fingerprint density at radius 2 is 1.55 bits per heavy atom. The Morgan fingerprint density at radius 3 is 2.05 bits per heavy atom. The lowest BCUT2D eigenvalue weighted by molar-refractivity contribution is -0.384. The third kappa shape index (κ3) is 7.59. The van der Waals surface area contributed by atoms with Crippen LogP contribution in [0.4, 0.5) is 5.69 Å². The molecule has 2 amide bonds. The SMILES string of the molecule is COC(=O)[C@H](C)NC(=O)[C@@H](Cc1ccccc1)NC(=O)[C@H](C(C)C)N(C)S(=O)(=O)c1ccc([N+](=O)[O-])cc1. The van der Waals surface area contributed by atoms with E-state index in [2.05, 4.69) is 15.4 Å². The van der Waals surface area contributed by atoms with Crippen LogP contribution >= 0.6 is 0 Å². The van der Waals surface area contributed by atoms with Crippen LogP contribution in [0.25, 0.3) is 0 Å². The first-order valence-electron chi connectivity index (χ1n) is 11.7. The molecular weight excluding hydrogens is 516 g/mol. The molecule has 0 aliphatic carbocycles. The molecule has 0 saturated carbocycles. The summed E-state index contributed by atoms with van der Waals surface area (Å²) in [6, 6.07) is 9.85. The Morgan fingerprint density at radius 1 is 0.974 bits per heavy atom. The standard InChI is InChI=1S/C25H32N4O8S/c1-16(2)22(28(4)38(35,36)20-13-11-19(12-14-20)29(33)34)24(31)27-21(15-18-9-7-6-8-10-18)23(30)26-17(3)25(32)37-5/h6-14,16-17,21-22H,15H2,1-5H3,(H,26,30)(H,27,31)/t17-,21+,22-/m0/s1. The van der Waals surface area contributed by atoms with Crippen LogP contribution in [-0.4, -0.2) is 67.7 Å². The molecule has 0 spiro atoms. The van der Waals surface area contributed by atoms with Crippen molar-refractivity contribution in [3.8, 4) is 0 Å². The minimum absolute atomic E-state index is 0.0793. The fraction of sp³-hybridized carbons (Fsp3) is 0.400. The van der Waals surface area contributed by atoms with Gasteiger partial charge in [0, 0.05) is 25.6 Å². The Hall–Kier alpha value is -3.84. The van der Waals surface area contributed by atoms with Crippen LogP contribution in [0.15, 0.2) is 59.5 Å². The zero-order valence-electron chi connectivity index (χ0n) is 21.8. The van der Waals surface area contributed by atoms with Crippen molar-refractivity contribution in [2.45, 2.75) is 50.2 Å². The lowest BCUT2D eigenvalue weighted by atomic mass is 10.0. The van der Waals surface area contributed by atoms with Gasteiger partial charge in [-0.15, -0.1) is 0 Å². The highest BCUT2D eigenvalue weighted by molar-refractivity contribution is 7.89. The second kappa shape index (κ2) is 13.1. The first-order chi connectivity index (χ1) is 17.8. The Labute approximate surface area is 221 Å². The molecule has 0 fully saturated rings. The minimum atomic E-state index is -4.23. The highest BCUT2D eigenvalue weighted by Crippen LogP contribution is 2.23. The van der Waals surface area contributed by atoms with E-state index in [1.54, 1.807) is 44.2 Å². The summed E-state index contributed by atoms with van der Waals surface area (Å²) < 4.78 is 32.1. The molecule has 12 nitrogen and oxygen atoms in total. The Kier molecular flexibility index (Phi) is 10.5. The smallest absolute Gasteiger partial charge is 0.328 e. The third-order valence-electron chi connectivity index (χ3n) is 5.85. The fourth-order valence-electron chi connectivity index (χ4n) is 3.81. The molecule has 2 N–H and O–H groups in total. The number of carbonyl (C=O) groups excluding carboxylic acids is 3. The molecule has 2 rings (SSSR count). The molecule has 2 aromatic rings. The first kappa shape index (κ1) is 30.4. The van der Waals surface area contributed by atoms with Gasteiger partial charge in [0.05, 0.1) is 16.9 Å². The predicted molar refractivity (Wildman–Crippen MR) is 138 cm³/mol. The summed E-state index contributed by atoms with van der Waals surface area (Å²) in [6.45, 7) is 4.74. The number of hydrogen-bond acceptors (Lipinski definition) is 8. The van der Waals surface area contributed by atoms with Crippen molar-refractivity contribution in [1.29, 1.82) is 0 Å². The monoisotopic (exact) mass is 548 g/mol. The van der Waals surface area contributed by atoms with Gasteiger partial charge in [-0.1, -0.05) is 44.2 Å². The lowest BCUT2D eigenvalue weighted by Crippen LogP contribution is -2.57. The zero-order valence-corrected chi connectivity index (χ0v) is 22.6. The summed E-state index contributed by atoms with van der Waals surface area (Å²) in [5, 5.41) is 16.1. The average Bonchev–Trinajstić information content (AvgIpc) is 2.88. The average molecular weight is 549 g/mol. The van der Waals surface area contributed by atoms with E-state index < -0.39 is 56.8 Å². The second-order valence-corrected chi connectivity index (χ2v) is 11.0. The van der Waals surface area contributed by atoms with Gasteiger partial charge < -0.3 is 15.4 Å². The number of nitrogens with one attached hydrogen (secondary N) is 2. The number of ether oxygens (including phenoxy) is 1. The van der Waals surface area contributed by atoms with E-state index in [1.165, 1.54) is 21.1 Å². The first-order valence-corrected chi connectivity index (χ1v) is 13.2. The van der Waals surface area contributed by atoms with Crippen molar-refractivity contribution >= 4 is 33.5 Å². The van der Waals surface area contributed by atoms with Crippen LogP contribution in [0.2, 0.25) is 0 Å². The van der Waals surface area contributed by atoms with Crippen molar-refractivity contribution in [3.05, 3.63) is 70.3 Å². The van der Waals surface area contributed by atoms with Gasteiger partial charge in [-0.3, -0.25) is 19.7 Å². The number of nitrogens with zero attached hydrogens (tertiary/aromatic N) is 2. The number of carbonyl (C=O) groups is 3. The van der Waals surface area contributed by atoms with Crippen molar-refractivity contribution in [1.82, 2.24) is 14.9 Å². The molecular formula is C25H32N4O8S. The van der Waals surface area contributed by atoms with Gasteiger partial charge in [0.25, 0.3) is 5.69 Å². The lowest BCUT2D eigenvalue weighted by Gasteiger charge is -2.31. The van der Waals surface area contributed by atoms with Gasteiger partial charge in [-0.05, 0) is 30.5 Å². The molecule has 0 unspecified atom stereocenters. The van der Waals surface area contributed by atoms with Crippen molar-refractivity contribution < 1.29 is 32.5 Å². The molecule has 0 bridgehead atoms. The van der Waals surface area contributed by atoms with Crippen molar-refractivity contribution in [3.63, 3.8) is 0 Å². The predicted octanol–water partition coefficient (Wildman–Crippen LogP) is 1.65. The topological polar surface area (TPSA) is 165 Å². The van der Waals surface area contributed by atoms with Crippen LogP contribution in [-0.2, 0) is 35.6 Å². The number of amides is 2. The van der Waals surface area contributed by atoms with Gasteiger partial charge in [-0.2, -0.15) is 4.31 Å². The number of nitro benzene ring substituents is 1. The summed E-state index contributed by atoms with van der Waals surface area (Å²) >= 11 is 0. The quantitative estimate of drug-likeness (QED) is 0.230. The van der Waals surface area contributed by atoms with Crippen LogP contribution in [0.3, 0.4) is 0 Å². The van der Waals surface area contributed by atoms with E-state index >= 15 is 0 Å². The molecule has 206 valence electrons. The van der Waals surface area contributed by atoms with E-state index in [1.807, 2.05) is 0 Å². The summed E-state index contributed by atoms with van der Waals surface area (Å²) in [4.78, 5) is 48.4. The van der Waals surface area contributed by atoms with E-state index in [0.29, 0.717) is 0 Å². The highest BCUT2D eigenvalue weighted by Gasteiger charge is 2.37. The molecule has 0 saturated heterocycles. The van der Waals surface area contributed by atoms with Crippen LogP contribution in [0.5, 0.6) is 0 Å². The second-order valence-electron chi connectivity index (χ2n) is 8.97. The molecule has 3 atom stereocenters. The minimum Gasteiger partial charge on any atom is -0.467 e. The number of rotatable bonds is 12. The molecule has 13 heteroatoms. The van der Waals surface area contributed by atoms with Crippen LogP contribution in [0.1, 0.15) is 26.3 Å². The maximum atomic E-state index is 13.5. The Balaban J connectivity index is 2.34. The van der Waals surface area contributed by atoms with Gasteiger partial charge in [-0.25, -0.2) is 13.2 Å². The highest BCUT2D eigenvalue weighted by atomic mass is 32.2. The van der Waals surface area contributed by atoms with E-state index in [4.69, 9.17) is 0 Å². The number of esters is 1. The molecule has 38 heavy (non-hydrogen) atoms.